The molecule has 1 fully saturated rings. The van der Waals surface area contributed by atoms with Gasteiger partial charge in [0, 0.05) is 19.0 Å². The number of hydrogen-bond donors (Lipinski definition) is 4. The van der Waals surface area contributed by atoms with Crippen molar-refractivity contribution < 1.29 is 30.0 Å². The molecule has 7 nitrogen and oxygen atoms in total. The Balaban J connectivity index is 2.11. The van der Waals surface area contributed by atoms with Gasteiger partial charge in [0.2, 0.25) is 0 Å². The number of nitrogens with zero attached hydrogens (tertiary/aromatic N) is 1. The molecule has 2 rings (SSSR count). The zero-order chi connectivity index (χ0) is 12.6. The molecule has 1 saturated heterocycles. The third-order valence-electron chi connectivity index (χ3n) is 3.01. The monoisotopic (exact) mass is 245 g/mol. The van der Waals surface area contributed by atoms with Crippen molar-refractivity contribution in [2.75, 3.05) is 13.2 Å². The fraction of sp³-hybridized carbons (Fsp3) is 0.700. The van der Waals surface area contributed by atoms with Crippen molar-refractivity contribution >= 4 is 5.91 Å². The Hall–Kier alpha value is -1.15. The van der Waals surface area contributed by atoms with Gasteiger partial charge >= 0.3 is 0 Å². The number of carbonyl (C=O) groups excluding carboxylic acids is 1. The van der Waals surface area contributed by atoms with E-state index in [1.54, 1.807) is 0 Å². The highest BCUT2D eigenvalue weighted by Gasteiger charge is 2.46. The number of rotatable bonds is 2. The van der Waals surface area contributed by atoms with Gasteiger partial charge in [-0.1, -0.05) is 0 Å². The van der Waals surface area contributed by atoms with E-state index in [-0.39, 0.29) is 18.7 Å². The molecule has 0 bridgehead atoms. The average molecular weight is 245 g/mol. The molecule has 2 heterocycles. The molecule has 2 aliphatic heterocycles. The molecule has 4 atom stereocenters. The van der Waals surface area contributed by atoms with Crippen LogP contribution in [0.15, 0.2) is 11.8 Å². The largest absolute Gasteiger partial charge is 0.512 e. The summed E-state index contributed by atoms with van der Waals surface area (Å²) in [5.74, 6) is -0.499. The second-order valence-electron chi connectivity index (χ2n) is 4.15. The molecule has 96 valence electrons. The molecule has 0 aromatic heterocycles. The van der Waals surface area contributed by atoms with Crippen molar-refractivity contribution in [1.29, 1.82) is 0 Å². The van der Waals surface area contributed by atoms with Crippen LogP contribution in [0.4, 0.5) is 0 Å². The van der Waals surface area contributed by atoms with E-state index in [4.69, 9.17) is 9.84 Å². The van der Waals surface area contributed by atoms with E-state index in [1.807, 2.05) is 0 Å². The Kier molecular flexibility index (Phi) is 3.34. The molecule has 7 heteroatoms. The quantitative estimate of drug-likeness (QED) is 0.452. The molecular weight excluding hydrogens is 230 g/mol. The molecule has 0 unspecified atom stereocenters. The Bertz CT molecular complexity index is 344. The molecule has 4 N–H and O–H groups in total. The molecule has 0 spiro atoms. The van der Waals surface area contributed by atoms with Crippen molar-refractivity contribution in [3.8, 4) is 0 Å². The third kappa shape index (κ3) is 2.14. The van der Waals surface area contributed by atoms with E-state index >= 15 is 0 Å². The lowest BCUT2D eigenvalue weighted by atomic mass is 10.1. The van der Waals surface area contributed by atoms with Gasteiger partial charge in [-0.05, 0) is 0 Å². The van der Waals surface area contributed by atoms with Crippen LogP contribution in [-0.2, 0) is 9.53 Å². The third-order valence-corrected chi connectivity index (χ3v) is 3.01. The fourth-order valence-corrected chi connectivity index (χ4v) is 2.03. The van der Waals surface area contributed by atoms with Crippen LogP contribution in [-0.4, -0.2) is 68.9 Å². The highest BCUT2D eigenvalue weighted by atomic mass is 16.6. The molecule has 2 aliphatic rings. The van der Waals surface area contributed by atoms with E-state index in [9.17, 15) is 20.1 Å². The summed E-state index contributed by atoms with van der Waals surface area (Å²) in [5.41, 5.74) is 0. The molecule has 0 aromatic carbocycles. The van der Waals surface area contributed by atoms with Crippen molar-refractivity contribution in [3.05, 3.63) is 11.8 Å². The van der Waals surface area contributed by atoms with Crippen LogP contribution < -0.4 is 0 Å². The van der Waals surface area contributed by atoms with E-state index in [0.717, 1.165) is 6.08 Å². The van der Waals surface area contributed by atoms with Gasteiger partial charge < -0.3 is 30.1 Å². The van der Waals surface area contributed by atoms with Crippen LogP contribution in [0.3, 0.4) is 0 Å². The van der Waals surface area contributed by atoms with Crippen LogP contribution >= 0.6 is 0 Å². The highest BCUT2D eigenvalue weighted by molar-refractivity contribution is 5.89. The molecular formula is C10H15NO6. The molecule has 1 amide bonds. The first-order valence-electron chi connectivity index (χ1n) is 5.37. The maximum absolute atomic E-state index is 11.6. The zero-order valence-corrected chi connectivity index (χ0v) is 9.06. The SMILES string of the molecule is O=C1C=C(O)CCN1[C@@H]1O[C@H](CO)[C@@H](O)[C@H]1O. The number of aliphatic hydroxyl groups excluding tert-OH is 4. The van der Waals surface area contributed by atoms with Crippen molar-refractivity contribution in [1.82, 2.24) is 4.90 Å². The number of aliphatic hydroxyl groups is 4. The first-order valence-corrected chi connectivity index (χ1v) is 5.37. The summed E-state index contributed by atoms with van der Waals surface area (Å²) in [6, 6.07) is 0. The molecule has 0 aromatic rings. The average Bonchev–Trinajstić information content (AvgIpc) is 2.57. The second kappa shape index (κ2) is 4.61. The lowest BCUT2D eigenvalue weighted by molar-refractivity contribution is -0.149. The zero-order valence-electron chi connectivity index (χ0n) is 9.06. The van der Waals surface area contributed by atoms with Crippen LogP contribution in [0, 0.1) is 0 Å². The van der Waals surface area contributed by atoms with Crippen LogP contribution in [0.2, 0.25) is 0 Å². The van der Waals surface area contributed by atoms with Crippen LogP contribution in [0.1, 0.15) is 6.42 Å². The minimum Gasteiger partial charge on any atom is -0.512 e. The predicted molar refractivity (Wildman–Crippen MR) is 54.8 cm³/mol. The van der Waals surface area contributed by atoms with Crippen LogP contribution in [0.25, 0.3) is 0 Å². The van der Waals surface area contributed by atoms with Crippen molar-refractivity contribution in [2.24, 2.45) is 0 Å². The number of amides is 1. The van der Waals surface area contributed by atoms with Gasteiger partial charge in [0.25, 0.3) is 5.91 Å². The Morgan fingerprint density at radius 1 is 1.41 bits per heavy atom. The van der Waals surface area contributed by atoms with Gasteiger partial charge in [-0.25, -0.2) is 0 Å². The lowest BCUT2D eigenvalue weighted by Crippen LogP contribution is -2.48. The van der Waals surface area contributed by atoms with Gasteiger partial charge in [-0.2, -0.15) is 0 Å². The standard InChI is InChI=1S/C10H15NO6/c12-4-6-8(15)9(16)10(17-6)11-2-1-5(13)3-7(11)14/h3,6,8-10,12-13,15-16H,1-2,4H2/t6-,8-,9-,10-/m1/s1. The van der Waals surface area contributed by atoms with Crippen LogP contribution in [0.5, 0.6) is 0 Å². The minimum atomic E-state index is -1.26. The first kappa shape index (κ1) is 12.3. The summed E-state index contributed by atoms with van der Waals surface area (Å²) < 4.78 is 5.22. The maximum Gasteiger partial charge on any atom is 0.252 e. The number of hydrogen-bond acceptors (Lipinski definition) is 6. The van der Waals surface area contributed by atoms with Crippen molar-refractivity contribution in [3.63, 3.8) is 0 Å². The van der Waals surface area contributed by atoms with E-state index in [2.05, 4.69) is 0 Å². The minimum absolute atomic E-state index is 0.0157. The molecule has 0 radical (unpaired) electrons. The molecule has 0 aliphatic carbocycles. The Morgan fingerprint density at radius 3 is 2.65 bits per heavy atom. The van der Waals surface area contributed by atoms with Crippen molar-refractivity contribution in [2.45, 2.75) is 31.0 Å². The number of ether oxygens (including phenoxy) is 1. The smallest absolute Gasteiger partial charge is 0.252 e. The topological polar surface area (TPSA) is 110 Å². The van der Waals surface area contributed by atoms with Gasteiger partial charge in [0.05, 0.1) is 12.4 Å². The highest BCUT2D eigenvalue weighted by Crippen LogP contribution is 2.26. The summed E-state index contributed by atoms with van der Waals surface area (Å²) in [7, 11) is 0. The second-order valence-corrected chi connectivity index (χ2v) is 4.15. The first-order chi connectivity index (χ1) is 8.04. The molecule has 17 heavy (non-hydrogen) atoms. The molecule has 0 saturated carbocycles. The Labute approximate surface area is 97.5 Å². The lowest BCUT2D eigenvalue weighted by Gasteiger charge is -2.31. The summed E-state index contributed by atoms with van der Waals surface area (Å²) >= 11 is 0. The van der Waals surface area contributed by atoms with Gasteiger partial charge in [-0.3, -0.25) is 4.79 Å². The van der Waals surface area contributed by atoms with Gasteiger partial charge in [0.15, 0.2) is 6.23 Å². The summed E-state index contributed by atoms with van der Waals surface area (Å²) in [4.78, 5) is 12.8. The van der Waals surface area contributed by atoms with Gasteiger partial charge in [0.1, 0.15) is 18.3 Å². The maximum atomic E-state index is 11.6. The van der Waals surface area contributed by atoms with E-state index < -0.39 is 37.1 Å². The number of carbonyl (C=O) groups is 1. The normalized spacial score (nSPS) is 38.4. The van der Waals surface area contributed by atoms with E-state index in [0.29, 0.717) is 0 Å². The Morgan fingerprint density at radius 2 is 2.12 bits per heavy atom. The summed E-state index contributed by atoms with van der Waals surface area (Å²) in [6.07, 6.45) is -3.04. The summed E-state index contributed by atoms with van der Waals surface area (Å²) in [6.45, 7) is -0.231. The summed E-state index contributed by atoms with van der Waals surface area (Å²) in [5, 5.41) is 37.4. The van der Waals surface area contributed by atoms with E-state index in [1.165, 1.54) is 4.90 Å². The predicted octanol–water partition coefficient (Wildman–Crippen LogP) is -1.90. The fourth-order valence-electron chi connectivity index (χ4n) is 2.03. The van der Waals surface area contributed by atoms with Gasteiger partial charge in [-0.15, -0.1) is 0 Å².